The number of guanidine groups is 1. The molecule has 1 heterocycles. The monoisotopic (exact) mass is 472 g/mol. The molecular weight excluding hydrogens is 443 g/mol. The number of aromatic nitrogens is 3. The number of benzene rings is 1. The summed E-state index contributed by atoms with van der Waals surface area (Å²) in [6.45, 7) is 6.60. The maximum atomic E-state index is 5.13. The summed E-state index contributed by atoms with van der Waals surface area (Å²) >= 11 is 0. The summed E-state index contributed by atoms with van der Waals surface area (Å²) < 4.78 is 7.08. The van der Waals surface area contributed by atoms with E-state index in [0.717, 1.165) is 24.2 Å². The van der Waals surface area contributed by atoms with E-state index in [-0.39, 0.29) is 24.0 Å². The second-order valence-corrected chi connectivity index (χ2v) is 6.12. The van der Waals surface area contributed by atoms with Crippen LogP contribution < -0.4 is 5.32 Å². The Labute approximate surface area is 172 Å². The number of methoxy groups -OCH3 is 1. The van der Waals surface area contributed by atoms with E-state index >= 15 is 0 Å². The number of ether oxygens (including phenoxy) is 1. The van der Waals surface area contributed by atoms with Crippen LogP contribution in [0.3, 0.4) is 0 Å². The average Bonchev–Trinajstić information content (AvgIpc) is 2.92. The highest BCUT2D eigenvalue weighted by Gasteiger charge is 2.09. The van der Waals surface area contributed by atoms with E-state index in [1.54, 1.807) is 7.11 Å². The zero-order chi connectivity index (χ0) is 18.2. The average molecular weight is 472 g/mol. The van der Waals surface area contributed by atoms with E-state index in [0.29, 0.717) is 19.7 Å². The molecule has 0 spiro atoms. The Balaban J connectivity index is 0.00000338. The van der Waals surface area contributed by atoms with Crippen LogP contribution in [0.5, 0.6) is 0 Å². The lowest BCUT2D eigenvalue weighted by atomic mass is 10.1. The van der Waals surface area contributed by atoms with Crippen molar-refractivity contribution < 1.29 is 4.74 Å². The number of rotatable bonds is 7. The molecule has 0 radical (unpaired) electrons. The molecule has 1 aromatic heterocycles. The molecule has 2 rings (SSSR count). The van der Waals surface area contributed by atoms with Gasteiger partial charge in [0.1, 0.15) is 12.4 Å². The van der Waals surface area contributed by atoms with Gasteiger partial charge in [-0.2, -0.15) is 0 Å². The van der Waals surface area contributed by atoms with Gasteiger partial charge in [0, 0.05) is 34.3 Å². The number of nitrogens with one attached hydrogen (secondary N) is 1. The molecule has 7 nitrogen and oxygen atoms in total. The summed E-state index contributed by atoms with van der Waals surface area (Å²) in [5.74, 6) is 2.54. The van der Waals surface area contributed by atoms with Gasteiger partial charge >= 0.3 is 0 Å². The van der Waals surface area contributed by atoms with Crippen LogP contribution in [0.4, 0.5) is 0 Å². The number of nitrogens with zero attached hydrogens (tertiary/aromatic N) is 5. The van der Waals surface area contributed by atoms with E-state index in [1.807, 2.05) is 25.6 Å². The van der Waals surface area contributed by atoms with Gasteiger partial charge in [0.25, 0.3) is 0 Å². The van der Waals surface area contributed by atoms with Gasteiger partial charge in [-0.15, -0.1) is 34.2 Å². The van der Waals surface area contributed by atoms with Crippen molar-refractivity contribution >= 4 is 29.9 Å². The van der Waals surface area contributed by atoms with Crippen LogP contribution in [0, 0.1) is 13.8 Å². The second kappa shape index (κ2) is 11.1. The molecule has 1 aromatic carbocycles. The van der Waals surface area contributed by atoms with E-state index in [2.05, 4.69) is 51.6 Å². The molecule has 26 heavy (non-hydrogen) atoms. The first-order chi connectivity index (χ1) is 12.0. The lowest BCUT2D eigenvalue weighted by Crippen LogP contribution is -2.40. The van der Waals surface area contributed by atoms with Crippen molar-refractivity contribution in [3.8, 4) is 0 Å². The normalized spacial score (nSPS) is 11.2. The van der Waals surface area contributed by atoms with Gasteiger partial charge in [-0.05, 0) is 19.4 Å². The highest BCUT2D eigenvalue weighted by atomic mass is 127. The summed E-state index contributed by atoms with van der Waals surface area (Å²) in [7, 11) is 5.67. The molecule has 0 aliphatic rings. The van der Waals surface area contributed by atoms with Gasteiger partial charge in [0.15, 0.2) is 11.8 Å². The molecule has 144 valence electrons. The molecule has 0 fully saturated rings. The standard InChI is InChI=1S/C18H28N6O.HI/c1-14-6-8-16(9-7-14)13-23(3)18(19-10-11-25-5)20-12-17-22-21-15(2)24(17)4;/h6-9H,10-13H2,1-5H3,(H,19,20);1H. The number of halogens is 1. The molecule has 0 atom stereocenters. The van der Waals surface area contributed by atoms with Crippen LogP contribution in [-0.4, -0.2) is 52.9 Å². The third-order valence-corrected chi connectivity index (χ3v) is 4.04. The maximum absolute atomic E-state index is 5.13. The van der Waals surface area contributed by atoms with Crippen LogP contribution >= 0.6 is 24.0 Å². The van der Waals surface area contributed by atoms with Crippen molar-refractivity contribution in [2.24, 2.45) is 12.0 Å². The van der Waals surface area contributed by atoms with Gasteiger partial charge in [0.05, 0.1) is 6.61 Å². The Hall–Kier alpha value is -1.68. The molecule has 1 N–H and O–H groups in total. The van der Waals surface area contributed by atoms with Crippen molar-refractivity contribution in [3.63, 3.8) is 0 Å². The van der Waals surface area contributed by atoms with Crippen LogP contribution in [0.2, 0.25) is 0 Å². The van der Waals surface area contributed by atoms with Crippen molar-refractivity contribution in [2.45, 2.75) is 26.9 Å². The van der Waals surface area contributed by atoms with Crippen LogP contribution in [0.25, 0.3) is 0 Å². The summed E-state index contributed by atoms with van der Waals surface area (Å²) in [5.41, 5.74) is 2.50. The molecule has 0 amide bonds. The molecule has 2 aromatic rings. The van der Waals surface area contributed by atoms with Crippen LogP contribution in [0.15, 0.2) is 29.3 Å². The minimum absolute atomic E-state index is 0. The first-order valence-corrected chi connectivity index (χ1v) is 8.40. The Morgan fingerprint density at radius 1 is 1.23 bits per heavy atom. The zero-order valence-corrected chi connectivity index (χ0v) is 18.5. The fourth-order valence-corrected chi connectivity index (χ4v) is 2.35. The number of aliphatic imine (C=N–C) groups is 1. The summed E-state index contributed by atoms with van der Waals surface area (Å²) in [4.78, 5) is 6.81. The summed E-state index contributed by atoms with van der Waals surface area (Å²) in [6.07, 6.45) is 0. The fourth-order valence-electron chi connectivity index (χ4n) is 2.35. The molecule has 0 bridgehead atoms. The maximum Gasteiger partial charge on any atom is 0.194 e. The molecule has 0 saturated heterocycles. The molecule has 0 aliphatic heterocycles. The van der Waals surface area contributed by atoms with Gasteiger partial charge in [-0.25, -0.2) is 4.99 Å². The smallest absolute Gasteiger partial charge is 0.194 e. The Morgan fingerprint density at radius 2 is 1.92 bits per heavy atom. The molecule has 0 unspecified atom stereocenters. The topological polar surface area (TPSA) is 67.6 Å². The quantitative estimate of drug-likeness (QED) is 0.290. The largest absolute Gasteiger partial charge is 0.383 e. The minimum Gasteiger partial charge on any atom is -0.383 e. The lowest BCUT2D eigenvalue weighted by Gasteiger charge is -2.22. The first kappa shape index (κ1) is 22.4. The minimum atomic E-state index is 0. The third-order valence-electron chi connectivity index (χ3n) is 4.04. The molecule has 0 saturated carbocycles. The predicted molar refractivity (Wildman–Crippen MR) is 115 cm³/mol. The Morgan fingerprint density at radius 3 is 2.50 bits per heavy atom. The lowest BCUT2D eigenvalue weighted by molar-refractivity contribution is 0.203. The fraction of sp³-hybridized carbons (Fsp3) is 0.500. The van der Waals surface area contributed by atoms with E-state index < -0.39 is 0 Å². The van der Waals surface area contributed by atoms with Gasteiger partial charge < -0.3 is 19.5 Å². The molecule has 8 heteroatoms. The molecular formula is C18H29IN6O. The third kappa shape index (κ3) is 6.56. The Bertz CT molecular complexity index is 698. The number of aryl methyl sites for hydroxylation is 2. The highest BCUT2D eigenvalue weighted by molar-refractivity contribution is 14.0. The van der Waals surface area contributed by atoms with E-state index in [4.69, 9.17) is 9.73 Å². The van der Waals surface area contributed by atoms with Crippen LogP contribution in [-0.2, 0) is 24.9 Å². The summed E-state index contributed by atoms with van der Waals surface area (Å²) in [6, 6.07) is 8.54. The first-order valence-electron chi connectivity index (χ1n) is 8.40. The predicted octanol–water partition coefficient (Wildman–Crippen LogP) is 2.27. The molecule has 0 aliphatic carbocycles. The Kier molecular flexibility index (Phi) is 9.57. The second-order valence-electron chi connectivity index (χ2n) is 6.12. The number of hydrogen-bond acceptors (Lipinski definition) is 4. The van der Waals surface area contributed by atoms with Crippen molar-refractivity contribution in [3.05, 3.63) is 47.0 Å². The van der Waals surface area contributed by atoms with Crippen molar-refractivity contribution in [1.82, 2.24) is 25.0 Å². The zero-order valence-electron chi connectivity index (χ0n) is 16.2. The van der Waals surface area contributed by atoms with E-state index in [1.165, 1.54) is 11.1 Å². The summed E-state index contributed by atoms with van der Waals surface area (Å²) in [5, 5.41) is 11.6. The highest BCUT2D eigenvalue weighted by Crippen LogP contribution is 2.07. The van der Waals surface area contributed by atoms with Gasteiger partial charge in [0.2, 0.25) is 0 Å². The number of hydrogen-bond donors (Lipinski definition) is 1. The van der Waals surface area contributed by atoms with Gasteiger partial charge in [-0.3, -0.25) is 0 Å². The van der Waals surface area contributed by atoms with Crippen molar-refractivity contribution in [2.75, 3.05) is 27.3 Å². The van der Waals surface area contributed by atoms with E-state index in [9.17, 15) is 0 Å². The van der Waals surface area contributed by atoms with Gasteiger partial charge in [-0.1, -0.05) is 29.8 Å². The van der Waals surface area contributed by atoms with Crippen LogP contribution in [0.1, 0.15) is 22.8 Å². The van der Waals surface area contributed by atoms with Crippen molar-refractivity contribution in [1.29, 1.82) is 0 Å². The SMILES string of the molecule is COCCNC(=NCc1nnc(C)n1C)N(C)Cc1ccc(C)cc1.I.